The highest BCUT2D eigenvalue weighted by molar-refractivity contribution is 7.89. The van der Waals surface area contributed by atoms with Crippen molar-refractivity contribution in [3.63, 3.8) is 0 Å². The summed E-state index contributed by atoms with van der Waals surface area (Å²) in [5.74, 6) is 0.537. The monoisotopic (exact) mass is 406 g/mol. The second-order valence-corrected chi connectivity index (χ2v) is 9.20. The molecule has 8 heteroatoms. The Morgan fingerprint density at radius 2 is 1.93 bits per heavy atom. The van der Waals surface area contributed by atoms with Crippen molar-refractivity contribution >= 4 is 21.6 Å². The van der Waals surface area contributed by atoms with Crippen molar-refractivity contribution < 1.29 is 22.4 Å². The number of aryl methyl sites for hydroxylation is 1. The van der Waals surface area contributed by atoms with Crippen LogP contribution in [0.3, 0.4) is 0 Å². The van der Waals surface area contributed by atoms with Crippen LogP contribution in [0.15, 0.2) is 39.6 Å². The van der Waals surface area contributed by atoms with E-state index in [0.717, 1.165) is 12.8 Å². The van der Waals surface area contributed by atoms with Gasteiger partial charge < -0.3 is 14.5 Å². The van der Waals surface area contributed by atoms with Crippen LogP contribution in [-0.4, -0.2) is 38.3 Å². The number of sulfonamides is 1. The van der Waals surface area contributed by atoms with Crippen LogP contribution in [0.4, 0.5) is 5.69 Å². The molecule has 152 valence electrons. The molecule has 1 aliphatic rings. The minimum absolute atomic E-state index is 0.0453. The molecule has 0 radical (unpaired) electrons. The summed E-state index contributed by atoms with van der Waals surface area (Å²) in [5, 5.41) is 2.75. The first-order chi connectivity index (χ1) is 13.3. The highest BCUT2D eigenvalue weighted by Crippen LogP contribution is 2.28. The molecule has 2 heterocycles. The minimum Gasteiger partial charge on any atom is -0.491 e. The lowest BCUT2D eigenvalue weighted by Gasteiger charge is -2.14. The number of hydrogen-bond acceptors (Lipinski definition) is 5. The van der Waals surface area contributed by atoms with E-state index in [1.807, 2.05) is 19.9 Å². The molecule has 1 fully saturated rings. The van der Waals surface area contributed by atoms with Gasteiger partial charge in [0.15, 0.2) is 5.76 Å². The lowest BCUT2D eigenvalue weighted by molar-refractivity contribution is 0.0995. The van der Waals surface area contributed by atoms with Crippen LogP contribution in [-0.2, 0) is 10.0 Å². The number of nitrogens with zero attached hydrogens (tertiary/aromatic N) is 1. The van der Waals surface area contributed by atoms with Gasteiger partial charge in [-0.2, -0.15) is 4.31 Å². The molecular weight excluding hydrogens is 380 g/mol. The molecule has 1 aromatic heterocycles. The fourth-order valence-electron chi connectivity index (χ4n) is 3.04. The fourth-order valence-corrected chi connectivity index (χ4v) is 4.72. The largest absolute Gasteiger partial charge is 0.491 e. The van der Waals surface area contributed by atoms with E-state index < -0.39 is 15.9 Å². The van der Waals surface area contributed by atoms with E-state index in [4.69, 9.17) is 9.15 Å². The Hall–Kier alpha value is -2.32. The predicted molar refractivity (Wildman–Crippen MR) is 106 cm³/mol. The molecule has 0 bridgehead atoms. The van der Waals surface area contributed by atoms with Crippen LogP contribution in [0, 0.1) is 12.8 Å². The molecule has 0 unspecified atom stereocenters. The quantitative estimate of drug-likeness (QED) is 0.758. The molecule has 3 rings (SSSR count). The molecule has 1 amide bonds. The van der Waals surface area contributed by atoms with E-state index in [0.29, 0.717) is 37.1 Å². The summed E-state index contributed by atoms with van der Waals surface area (Å²) in [4.78, 5) is 12.7. The van der Waals surface area contributed by atoms with Gasteiger partial charge in [-0.25, -0.2) is 8.42 Å². The second-order valence-electron chi connectivity index (χ2n) is 7.30. The van der Waals surface area contributed by atoms with Crippen LogP contribution in [0.25, 0.3) is 0 Å². The number of para-hydroxylation sites is 2. The van der Waals surface area contributed by atoms with E-state index in [1.165, 1.54) is 10.4 Å². The third-order valence-electron chi connectivity index (χ3n) is 4.49. The molecule has 0 atom stereocenters. The standard InChI is InChI=1S/C20H26N2O5S/c1-14(2)13-26-17-9-5-4-8-16(17)21-20(23)18-12-19(15(3)27-18)28(24,25)22-10-6-7-11-22/h4-5,8-9,12,14H,6-7,10-11,13H2,1-3H3,(H,21,23). The Labute approximate surface area is 165 Å². The summed E-state index contributed by atoms with van der Waals surface area (Å²) in [6, 6.07) is 8.41. The van der Waals surface area contributed by atoms with Gasteiger partial charge in [-0.15, -0.1) is 0 Å². The molecule has 7 nitrogen and oxygen atoms in total. The molecule has 28 heavy (non-hydrogen) atoms. The predicted octanol–water partition coefficient (Wildman–Crippen LogP) is 3.66. The number of ether oxygens (including phenoxy) is 1. The SMILES string of the molecule is Cc1oc(C(=O)Nc2ccccc2OCC(C)C)cc1S(=O)(=O)N1CCCC1. The Morgan fingerprint density at radius 3 is 2.61 bits per heavy atom. The van der Waals surface area contributed by atoms with Crippen molar-refractivity contribution in [3.05, 3.63) is 41.9 Å². The summed E-state index contributed by atoms with van der Waals surface area (Å²) in [6.45, 7) is 7.14. The van der Waals surface area contributed by atoms with Crippen molar-refractivity contribution in [2.24, 2.45) is 5.92 Å². The number of benzene rings is 1. The Morgan fingerprint density at radius 1 is 1.25 bits per heavy atom. The number of furan rings is 1. The molecule has 0 aliphatic carbocycles. The maximum atomic E-state index is 12.8. The van der Waals surface area contributed by atoms with Gasteiger partial charge in [-0.1, -0.05) is 26.0 Å². The minimum atomic E-state index is -3.65. The van der Waals surface area contributed by atoms with Gasteiger partial charge in [0, 0.05) is 19.2 Å². The smallest absolute Gasteiger partial charge is 0.291 e. The van der Waals surface area contributed by atoms with Crippen molar-refractivity contribution in [1.82, 2.24) is 4.31 Å². The molecule has 0 saturated carbocycles. The average Bonchev–Trinajstić information content (AvgIpc) is 3.31. The number of amides is 1. The number of carbonyl (C=O) groups excluding carboxylic acids is 1. The molecular formula is C20H26N2O5S. The number of rotatable bonds is 7. The third-order valence-corrected chi connectivity index (χ3v) is 6.49. The molecule has 1 aromatic carbocycles. The van der Waals surface area contributed by atoms with Gasteiger partial charge in [0.2, 0.25) is 10.0 Å². The zero-order valence-corrected chi connectivity index (χ0v) is 17.2. The highest BCUT2D eigenvalue weighted by Gasteiger charge is 2.31. The number of anilines is 1. The first kappa shape index (κ1) is 20.4. The van der Waals surface area contributed by atoms with Crippen molar-refractivity contribution in [3.8, 4) is 5.75 Å². The Kier molecular flexibility index (Phi) is 6.10. The molecule has 1 N–H and O–H groups in total. The van der Waals surface area contributed by atoms with Crippen LogP contribution >= 0.6 is 0 Å². The lowest BCUT2D eigenvalue weighted by atomic mass is 10.2. The third kappa shape index (κ3) is 4.39. The van der Waals surface area contributed by atoms with Gasteiger partial charge in [0.1, 0.15) is 16.4 Å². The first-order valence-electron chi connectivity index (χ1n) is 9.43. The number of nitrogens with one attached hydrogen (secondary N) is 1. The maximum absolute atomic E-state index is 12.8. The molecule has 1 saturated heterocycles. The van der Waals surface area contributed by atoms with Gasteiger partial charge >= 0.3 is 0 Å². The second kappa shape index (κ2) is 8.36. The zero-order chi connectivity index (χ0) is 20.3. The summed E-state index contributed by atoms with van der Waals surface area (Å²) in [5.41, 5.74) is 0.506. The lowest BCUT2D eigenvalue weighted by Crippen LogP contribution is -2.28. The maximum Gasteiger partial charge on any atom is 0.291 e. The van der Waals surface area contributed by atoms with Gasteiger partial charge in [0.05, 0.1) is 12.3 Å². The van der Waals surface area contributed by atoms with Gasteiger partial charge in [-0.3, -0.25) is 4.79 Å². The van der Waals surface area contributed by atoms with Crippen molar-refractivity contribution in [2.45, 2.75) is 38.5 Å². The van der Waals surface area contributed by atoms with Crippen LogP contribution in [0.2, 0.25) is 0 Å². The topological polar surface area (TPSA) is 88.8 Å². The van der Waals surface area contributed by atoms with Crippen molar-refractivity contribution in [2.75, 3.05) is 25.0 Å². The molecule has 0 spiro atoms. The number of carbonyl (C=O) groups is 1. The van der Waals surface area contributed by atoms with Gasteiger partial charge in [0.25, 0.3) is 5.91 Å². The highest BCUT2D eigenvalue weighted by atomic mass is 32.2. The molecule has 1 aliphatic heterocycles. The summed E-state index contributed by atoms with van der Waals surface area (Å²) >= 11 is 0. The van der Waals surface area contributed by atoms with E-state index in [2.05, 4.69) is 5.32 Å². The zero-order valence-electron chi connectivity index (χ0n) is 16.4. The summed E-state index contributed by atoms with van der Waals surface area (Å²) < 4.78 is 38.2. The van der Waals surface area contributed by atoms with E-state index >= 15 is 0 Å². The summed E-state index contributed by atoms with van der Waals surface area (Å²) in [6.07, 6.45) is 1.69. The van der Waals surface area contributed by atoms with E-state index in [-0.39, 0.29) is 16.4 Å². The Bertz CT molecular complexity index is 943. The Balaban J connectivity index is 1.79. The van der Waals surface area contributed by atoms with Gasteiger partial charge in [-0.05, 0) is 37.8 Å². The molecule has 2 aromatic rings. The number of hydrogen-bond donors (Lipinski definition) is 1. The average molecular weight is 407 g/mol. The van der Waals surface area contributed by atoms with Crippen LogP contribution in [0.1, 0.15) is 43.0 Å². The summed E-state index contributed by atoms with van der Waals surface area (Å²) in [7, 11) is -3.65. The van der Waals surface area contributed by atoms with Crippen LogP contribution in [0.5, 0.6) is 5.75 Å². The van der Waals surface area contributed by atoms with Crippen molar-refractivity contribution in [1.29, 1.82) is 0 Å². The normalized spacial score (nSPS) is 15.1. The fraction of sp³-hybridized carbons (Fsp3) is 0.450. The van der Waals surface area contributed by atoms with E-state index in [9.17, 15) is 13.2 Å². The van der Waals surface area contributed by atoms with Crippen LogP contribution < -0.4 is 10.1 Å². The van der Waals surface area contributed by atoms with E-state index in [1.54, 1.807) is 25.1 Å². The first-order valence-corrected chi connectivity index (χ1v) is 10.9.